The number of methoxy groups -OCH3 is 1. The van der Waals surface area contributed by atoms with Crippen LogP contribution in [0.15, 0.2) is 48.5 Å². The number of amides is 2. The zero-order valence-electron chi connectivity index (χ0n) is 20.8. The van der Waals surface area contributed by atoms with Gasteiger partial charge in [0, 0.05) is 35.2 Å². The summed E-state index contributed by atoms with van der Waals surface area (Å²) >= 11 is 3.37. The smallest absolute Gasteiger partial charge is 0.359 e. The van der Waals surface area contributed by atoms with Crippen molar-refractivity contribution in [2.45, 2.75) is 32.6 Å². The number of nitrogens with one attached hydrogen (secondary N) is 1. The molecule has 2 amide bonds. The normalized spacial score (nSPS) is 12.7. The molecule has 10 heteroatoms. The molecule has 1 aliphatic rings. The lowest BCUT2D eigenvalue weighted by Crippen LogP contribution is -2.39. The van der Waals surface area contributed by atoms with Crippen molar-refractivity contribution in [1.82, 2.24) is 9.78 Å². The Morgan fingerprint density at radius 2 is 1.81 bits per heavy atom. The van der Waals surface area contributed by atoms with Crippen LogP contribution in [-0.2, 0) is 16.0 Å². The Kier molecular flexibility index (Phi) is 8.60. The molecule has 4 rings (SSSR count). The van der Waals surface area contributed by atoms with Gasteiger partial charge in [0.2, 0.25) is 5.91 Å². The van der Waals surface area contributed by atoms with E-state index in [1.54, 1.807) is 67.5 Å². The molecule has 1 N–H and O–H groups in total. The Balaban J connectivity index is 1.61. The van der Waals surface area contributed by atoms with Crippen LogP contribution >= 0.6 is 15.9 Å². The zero-order chi connectivity index (χ0) is 26.4. The molecule has 0 unspecified atom stereocenters. The fourth-order valence-electron chi connectivity index (χ4n) is 4.21. The summed E-state index contributed by atoms with van der Waals surface area (Å²) in [6, 6.07) is 14.3. The van der Waals surface area contributed by atoms with Gasteiger partial charge in [-0.2, -0.15) is 5.10 Å². The van der Waals surface area contributed by atoms with Crippen molar-refractivity contribution in [2.24, 2.45) is 0 Å². The standard InChI is InChI=1S/C27H29BrN4O5/c1-3-37-27(35)24-22-15-17-31(19-9-7-18(8-10-19)29-23(33)6-4-5-16-28)26(34)25(22)32(30-24)20-11-13-21(36-2)14-12-20/h7-14H,3-6,15-17H2,1-2H3,(H,29,33)/i23+2. The molecule has 2 aromatic carbocycles. The Hall–Kier alpha value is -3.66. The highest BCUT2D eigenvalue weighted by molar-refractivity contribution is 9.09. The first-order valence-corrected chi connectivity index (χ1v) is 13.3. The van der Waals surface area contributed by atoms with E-state index < -0.39 is 5.97 Å². The highest BCUT2D eigenvalue weighted by Gasteiger charge is 2.35. The van der Waals surface area contributed by atoms with E-state index in [4.69, 9.17) is 9.47 Å². The van der Waals surface area contributed by atoms with E-state index in [2.05, 4.69) is 26.3 Å². The van der Waals surface area contributed by atoms with Crippen molar-refractivity contribution in [3.8, 4) is 11.4 Å². The molecule has 0 bridgehead atoms. The summed E-state index contributed by atoms with van der Waals surface area (Å²) in [5, 5.41) is 8.26. The third kappa shape index (κ3) is 5.85. The Labute approximate surface area is 223 Å². The van der Waals surface area contributed by atoms with E-state index >= 15 is 0 Å². The van der Waals surface area contributed by atoms with E-state index in [1.807, 2.05) is 0 Å². The third-order valence-corrected chi connectivity index (χ3v) is 6.61. The first-order valence-electron chi connectivity index (χ1n) is 12.2. The lowest BCUT2D eigenvalue weighted by molar-refractivity contribution is -0.116. The van der Waals surface area contributed by atoms with Crippen LogP contribution in [0.25, 0.3) is 5.69 Å². The highest BCUT2D eigenvalue weighted by atomic mass is 79.9. The summed E-state index contributed by atoms with van der Waals surface area (Å²) < 4.78 is 11.9. The maximum Gasteiger partial charge on any atom is 0.359 e. The zero-order valence-corrected chi connectivity index (χ0v) is 22.4. The van der Waals surface area contributed by atoms with Gasteiger partial charge in [-0.25, -0.2) is 9.48 Å². The van der Waals surface area contributed by atoms with Crippen molar-refractivity contribution in [1.29, 1.82) is 0 Å². The van der Waals surface area contributed by atoms with Gasteiger partial charge in [-0.1, -0.05) is 15.9 Å². The maximum absolute atomic E-state index is 13.8. The second-order valence-electron chi connectivity index (χ2n) is 8.45. The molecule has 37 heavy (non-hydrogen) atoms. The fraction of sp³-hybridized carbons (Fsp3) is 0.333. The molecule has 0 radical (unpaired) electrons. The van der Waals surface area contributed by atoms with Crippen LogP contribution in [0, 0.1) is 0 Å². The summed E-state index contributed by atoms with van der Waals surface area (Å²) in [6.07, 6.45) is 2.65. The minimum absolute atomic E-state index is 0.0396. The second kappa shape index (κ2) is 12.1. The predicted octanol–water partition coefficient (Wildman–Crippen LogP) is 4.76. The quantitative estimate of drug-likeness (QED) is 0.214. The van der Waals surface area contributed by atoms with Gasteiger partial charge in [0.1, 0.15) is 11.4 Å². The number of halogens is 1. The molecule has 0 aliphatic carbocycles. The number of carbonyl (C=O) groups is 3. The number of anilines is 2. The molecule has 1 aliphatic heterocycles. The molecule has 194 valence electrons. The SMILES string of the molecule is CCOC(=O)c1nn(-c2ccc(OC)cc2)c2c1CCN(c1ccc(N[14C](=O)CCCCBr)cc1)C2=O. The molecule has 0 atom stereocenters. The van der Waals surface area contributed by atoms with Crippen molar-refractivity contribution in [2.75, 3.05) is 35.8 Å². The number of alkyl halides is 1. The van der Waals surface area contributed by atoms with Crippen LogP contribution < -0.4 is 15.0 Å². The van der Waals surface area contributed by atoms with Gasteiger partial charge in [0.15, 0.2) is 5.69 Å². The van der Waals surface area contributed by atoms with Crippen LogP contribution in [0.3, 0.4) is 0 Å². The van der Waals surface area contributed by atoms with Gasteiger partial charge < -0.3 is 19.7 Å². The lowest BCUT2D eigenvalue weighted by atomic mass is 10.0. The maximum atomic E-state index is 13.8. The summed E-state index contributed by atoms with van der Waals surface area (Å²) in [4.78, 5) is 40.2. The summed E-state index contributed by atoms with van der Waals surface area (Å²) in [5.74, 6) is -0.198. The molecule has 1 aromatic heterocycles. The van der Waals surface area contributed by atoms with Gasteiger partial charge >= 0.3 is 5.97 Å². The van der Waals surface area contributed by atoms with Gasteiger partial charge in [-0.15, -0.1) is 0 Å². The molecule has 0 saturated carbocycles. The van der Waals surface area contributed by atoms with Crippen molar-refractivity contribution < 1.29 is 23.9 Å². The highest BCUT2D eigenvalue weighted by Crippen LogP contribution is 2.30. The molecule has 0 saturated heterocycles. The van der Waals surface area contributed by atoms with Crippen LogP contribution in [0.4, 0.5) is 11.4 Å². The number of ether oxygens (including phenoxy) is 2. The van der Waals surface area contributed by atoms with Gasteiger partial charge in [0.25, 0.3) is 5.91 Å². The Morgan fingerprint density at radius 3 is 2.46 bits per heavy atom. The molecule has 3 aromatic rings. The number of aromatic nitrogens is 2. The number of carbonyl (C=O) groups excluding carboxylic acids is 3. The number of nitrogens with zero attached hydrogens (tertiary/aromatic N) is 3. The Bertz CT molecular complexity index is 1270. The Morgan fingerprint density at radius 1 is 1.11 bits per heavy atom. The van der Waals surface area contributed by atoms with Gasteiger partial charge in [0.05, 0.1) is 19.4 Å². The number of hydrogen-bond donors (Lipinski definition) is 1. The average molecular weight is 571 g/mol. The average Bonchev–Trinajstić information content (AvgIpc) is 3.31. The molecule has 9 nitrogen and oxygen atoms in total. The van der Waals surface area contributed by atoms with Gasteiger partial charge in [-0.3, -0.25) is 9.59 Å². The van der Waals surface area contributed by atoms with Crippen LogP contribution in [-0.4, -0.2) is 53.2 Å². The van der Waals surface area contributed by atoms with E-state index in [1.165, 1.54) is 4.68 Å². The van der Waals surface area contributed by atoms with E-state index in [0.29, 0.717) is 53.5 Å². The topological polar surface area (TPSA) is 103 Å². The number of unbranched alkanes of at least 4 members (excludes halogenated alkanes) is 1. The first kappa shape index (κ1) is 26.4. The third-order valence-electron chi connectivity index (χ3n) is 6.05. The largest absolute Gasteiger partial charge is 0.497 e. The van der Waals surface area contributed by atoms with Crippen molar-refractivity contribution in [3.63, 3.8) is 0 Å². The van der Waals surface area contributed by atoms with Gasteiger partial charge in [-0.05, 0) is 74.7 Å². The predicted molar refractivity (Wildman–Crippen MR) is 144 cm³/mol. The van der Waals surface area contributed by atoms with Crippen LogP contribution in [0.2, 0.25) is 0 Å². The number of benzene rings is 2. The van der Waals surface area contributed by atoms with E-state index in [-0.39, 0.29) is 24.1 Å². The summed E-state index contributed by atoms with van der Waals surface area (Å²) in [6.45, 7) is 2.32. The van der Waals surface area contributed by atoms with Crippen molar-refractivity contribution >= 4 is 45.1 Å². The number of esters is 1. The molecular formula is C27H29BrN4O5. The monoisotopic (exact) mass is 570 g/mol. The minimum Gasteiger partial charge on any atom is -0.497 e. The second-order valence-corrected chi connectivity index (χ2v) is 9.25. The molecule has 0 spiro atoms. The van der Waals surface area contributed by atoms with E-state index in [0.717, 1.165) is 18.2 Å². The number of rotatable bonds is 10. The minimum atomic E-state index is -0.552. The number of fused-ring (bicyclic) bond motifs is 1. The molecule has 0 fully saturated rings. The molecular weight excluding hydrogens is 542 g/mol. The van der Waals surface area contributed by atoms with Crippen LogP contribution in [0.1, 0.15) is 52.7 Å². The van der Waals surface area contributed by atoms with Crippen LogP contribution in [0.5, 0.6) is 5.75 Å². The lowest BCUT2D eigenvalue weighted by Gasteiger charge is -2.28. The fourth-order valence-corrected chi connectivity index (χ4v) is 4.60. The summed E-state index contributed by atoms with van der Waals surface area (Å²) in [5.41, 5.74) is 3.03. The van der Waals surface area contributed by atoms with Crippen molar-refractivity contribution in [3.05, 3.63) is 65.5 Å². The van der Waals surface area contributed by atoms with E-state index in [9.17, 15) is 14.4 Å². The molecule has 2 heterocycles. The number of hydrogen-bond acceptors (Lipinski definition) is 6. The first-order chi connectivity index (χ1) is 18.0. The summed E-state index contributed by atoms with van der Waals surface area (Å²) in [7, 11) is 1.58.